The number of rotatable bonds is 1. The number of nitrogens with zero attached hydrogens (tertiary/aromatic N) is 3. The Morgan fingerprint density at radius 1 is 0.917 bits per heavy atom. The molecule has 136 valence electrons. The molecule has 2 rings (SSSR count). The summed E-state index contributed by atoms with van der Waals surface area (Å²) in [5.74, 6) is -0.0678. The van der Waals surface area contributed by atoms with Crippen molar-refractivity contribution in [1.29, 1.82) is 0 Å². The molecule has 3 amide bonds. The first-order valence-corrected chi connectivity index (χ1v) is 8.34. The van der Waals surface area contributed by atoms with Crippen molar-refractivity contribution in [3.05, 3.63) is 0 Å². The van der Waals surface area contributed by atoms with E-state index < -0.39 is 17.7 Å². The van der Waals surface area contributed by atoms with Crippen molar-refractivity contribution < 1.29 is 23.9 Å². The Morgan fingerprint density at radius 2 is 1.50 bits per heavy atom. The van der Waals surface area contributed by atoms with Gasteiger partial charge in [-0.3, -0.25) is 9.69 Å². The highest BCUT2D eigenvalue weighted by molar-refractivity contribution is 5.86. The molecule has 0 aromatic rings. The lowest BCUT2D eigenvalue weighted by atomic mass is 10.1. The lowest BCUT2D eigenvalue weighted by Crippen LogP contribution is -2.55. The Bertz CT molecular complexity index is 494. The van der Waals surface area contributed by atoms with Gasteiger partial charge in [-0.1, -0.05) is 0 Å². The quantitative estimate of drug-likeness (QED) is 0.718. The zero-order valence-corrected chi connectivity index (χ0v) is 14.9. The van der Waals surface area contributed by atoms with Crippen LogP contribution in [0.2, 0.25) is 0 Å². The molecule has 0 N–H and O–H groups in total. The molecule has 0 aliphatic carbocycles. The van der Waals surface area contributed by atoms with Crippen LogP contribution in [0.5, 0.6) is 0 Å². The second-order valence-electron chi connectivity index (χ2n) is 7.11. The third-order valence-electron chi connectivity index (χ3n) is 4.19. The van der Waals surface area contributed by atoms with Crippen molar-refractivity contribution in [1.82, 2.24) is 14.7 Å². The molecule has 2 heterocycles. The molecule has 0 aromatic heterocycles. The van der Waals surface area contributed by atoms with Crippen LogP contribution in [-0.2, 0) is 14.3 Å². The van der Waals surface area contributed by atoms with Gasteiger partial charge in [0.2, 0.25) is 5.91 Å². The fourth-order valence-electron chi connectivity index (χ4n) is 3.01. The minimum atomic E-state index is -0.533. The average molecular weight is 341 g/mol. The van der Waals surface area contributed by atoms with Gasteiger partial charge in [-0.2, -0.15) is 0 Å². The van der Waals surface area contributed by atoms with Gasteiger partial charge in [-0.05, 0) is 33.6 Å². The largest absolute Gasteiger partial charge is 0.453 e. The first kappa shape index (κ1) is 18.4. The molecular formula is C16H27N3O5. The molecule has 8 heteroatoms. The summed E-state index contributed by atoms with van der Waals surface area (Å²) >= 11 is 0. The van der Waals surface area contributed by atoms with Gasteiger partial charge >= 0.3 is 12.2 Å². The van der Waals surface area contributed by atoms with Crippen LogP contribution in [0.15, 0.2) is 0 Å². The van der Waals surface area contributed by atoms with Gasteiger partial charge in [0.1, 0.15) is 11.6 Å². The summed E-state index contributed by atoms with van der Waals surface area (Å²) < 4.78 is 10.1. The fraction of sp³-hybridized carbons (Fsp3) is 0.812. The molecule has 1 unspecified atom stereocenters. The maximum atomic E-state index is 12.7. The first-order valence-electron chi connectivity index (χ1n) is 8.34. The number of methoxy groups -OCH3 is 1. The Hall–Kier alpha value is -1.99. The molecule has 24 heavy (non-hydrogen) atoms. The topological polar surface area (TPSA) is 79.4 Å². The molecule has 2 aliphatic rings. The number of hydrogen-bond acceptors (Lipinski definition) is 5. The van der Waals surface area contributed by atoms with E-state index in [0.29, 0.717) is 39.1 Å². The Kier molecular flexibility index (Phi) is 5.56. The zero-order chi connectivity index (χ0) is 17.9. The van der Waals surface area contributed by atoms with E-state index in [-0.39, 0.29) is 12.0 Å². The highest BCUT2D eigenvalue weighted by atomic mass is 16.6. The van der Waals surface area contributed by atoms with Crippen LogP contribution < -0.4 is 0 Å². The highest BCUT2D eigenvalue weighted by Gasteiger charge is 2.38. The molecule has 8 nitrogen and oxygen atoms in total. The third kappa shape index (κ3) is 4.30. The van der Waals surface area contributed by atoms with Crippen molar-refractivity contribution in [3.8, 4) is 0 Å². The van der Waals surface area contributed by atoms with Crippen molar-refractivity contribution in [2.45, 2.75) is 45.3 Å². The van der Waals surface area contributed by atoms with Gasteiger partial charge in [0.05, 0.1) is 7.11 Å². The highest BCUT2D eigenvalue weighted by Crippen LogP contribution is 2.21. The molecule has 0 aromatic carbocycles. The van der Waals surface area contributed by atoms with E-state index in [2.05, 4.69) is 0 Å². The van der Waals surface area contributed by atoms with Crippen molar-refractivity contribution in [2.75, 3.05) is 39.8 Å². The van der Waals surface area contributed by atoms with Crippen LogP contribution in [0.1, 0.15) is 33.6 Å². The summed E-state index contributed by atoms with van der Waals surface area (Å²) in [6.45, 7) is 7.79. The van der Waals surface area contributed by atoms with Crippen LogP contribution in [0.25, 0.3) is 0 Å². The minimum absolute atomic E-state index is 0.0678. The Labute approximate surface area is 142 Å². The predicted molar refractivity (Wildman–Crippen MR) is 86.5 cm³/mol. The number of amides is 3. The van der Waals surface area contributed by atoms with Crippen LogP contribution in [0.4, 0.5) is 9.59 Å². The Morgan fingerprint density at radius 3 is 2.04 bits per heavy atom. The van der Waals surface area contributed by atoms with Gasteiger partial charge in [0, 0.05) is 32.7 Å². The van der Waals surface area contributed by atoms with E-state index in [4.69, 9.17) is 9.47 Å². The average Bonchev–Trinajstić information content (AvgIpc) is 3.01. The molecule has 2 fully saturated rings. The van der Waals surface area contributed by atoms with E-state index >= 15 is 0 Å². The number of carbonyl (C=O) groups is 3. The van der Waals surface area contributed by atoms with Crippen LogP contribution in [0, 0.1) is 0 Å². The maximum absolute atomic E-state index is 12.7. The summed E-state index contributed by atoms with van der Waals surface area (Å²) in [4.78, 5) is 41.3. The molecule has 0 saturated carbocycles. The molecule has 2 saturated heterocycles. The summed E-state index contributed by atoms with van der Waals surface area (Å²) in [5.41, 5.74) is -0.533. The van der Waals surface area contributed by atoms with E-state index in [1.807, 2.05) is 20.8 Å². The molecular weight excluding hydrogens is 314 g/mol. The van der Waals surface area contributed by atoms with Gasteiger partial charge in [0.25, 0.3) is 0 Å². The summed E-state index contributed by atoms with van der Waals surface area (Å²) in [6.07, 6.45) is 0.633. The standard InChI is InChI=1S/C16H27N3O5/c1-16(2,3)24-14(21)18-10-8-17(9-11-18)13(20)12-6-5-7-19(12)15(22)23-4/h12H,5-11H2,1-4H3. The molecule has 0 spiro atoms. The van der Waals surface area contributed by atoms with Crippen molar-refractivity contribution in [3.63, 3.8) is 0 Å². The minimum Gasteiger partial charge on any atom is -0.453 e. The number of piperazine rings is 1. The van der Waals surface area contributed by atoms with Gasteiger partial charge in [-0.15, -0.1) is 0 Å². The maximum Gasteiger partial charge on any atom is 0.410 e. The normalized spacial score (nSPS) is 21.7. The molecule has 2 aliphatic heterocycles. The molecule has 0 bridgehead atoms. The third-order valence-corrected chi connectivity index (χ3v) is 4.19. The summed E-state index contributed by atoms with van der Waals surface area (Å²) in [5, 5.41) is 0. The lowest BCUT2D eigenvalue weighted by Gasteiger charge is -2.37. The van der Waals surface area contributed by atoms with Gasteiger partial charge in [0.15, 0.2) is 0 Å². The van der Waals surface area contributed by atoms with E-state index in [1.165, 1.54) is 12.0 Å². The monoisotopic (exact) mass is 341 g/mol. The predicted octanol–water partition coefficient (Wildman–Crippen LogP) is 1.30. The van der Waals surface area contributed by atoms with Gasteiger partial charge in [-0.25, -0.2) is 9.59 Å². The number of hydrogen-bond donors (Lipinski definition) is 0. The number of carbonyl (C=O) groups excluding carboxylic acids is 3. The summed E-state index contributed by atoms with van der Waals surface area (Å²) in [6, 6.07) is -0.453. The number of likely N-dealkylation sites (tertiary alicyclic amines) is 1. The Balaban J connectivity index is 1.89. The van der Waals surface area contributed by atoms with Gasteiger partial charge < -0.3 is 19.3 Å². The van der Waals surface area contributed by atoms with Crippen molar-refractivity contribution in [2.24, 2.45) is 0 Å². The number of ether oxygens (including phenoxy) is 2. The zero-order valence-electron chi connectivity index (χ0n) is 14.9. The lowest BCUT2D eigenvalue weighted by molar-refractivity contribution is -0.137. The van der Waals surface area contributed by atoms with Crippen LogP contribution in [0.3, 0.4) is 0 Å². The molecule has 0 radical (unpaired) electrons. The fourth-order valence-corrected chi connectivity index (χ4v) is 3.01. The SMILES string of the molecule is COC(=O)N1CCCC1C(=O)N1CCN(C(=O)OC(C)(C)C)CC1. The first-order chi connectivity index (χ1) is 11.2. The second kappa shape index (κ2) is 7.27. The summed E-state index contributed by atoms with van der Waals surface area (Å²) in [7, 11) is 1.32. The van der Waals surface area contributed by atoms with E-state index in [9.17, 15) is 14.4 Å². The smallest absolute Gasteiger partial charge is 0.410 e. The van der Waals surface area contributed by atoms with Crippen LogP contribution in [-0.4, -0.2) is 84.3 Å². The molecule has 1 atom stereocenters. The van der Waals surface area contributed by atoms with Crippen molar-refractivity contribution >= 4 is 18.1 Å². The van der Waals surface area contributed by atoms with Crippen LogP contribution >= 0.6 is 0 Å². The van der Waals surface area contributed by atoms with E-state index in [0.717, 1.165) is 6.42 Å². The second-order valence-corrected chi connectivity index (χ2v) is 7.11. The van der Waals surface area contributed by atoms with E-state index in [1.54, 1.807) is 9.80 Å².